The van der Waals surface area contributed by atoms with Gasteiger partial charge < -0.3 is 8.83 Å². The van der Waals surface area contributed by atoms with E-state index < -0.39 is 0 Å². The molecule has 0 aliphatic rings. The van der Waals surface area contributed by atoms with E-state index in [2.05, 4.69) is 58.5 Å². The zero-order chi connectivity index (χ0) is 21.4. The lowest BCUT2D eigenvalue weighted by molar-refractivity contribution is 0.543. The van der Waals surface area contributed by atoms with Gasteiger partial charge in [-0.15, -0.1) is 22.7 Å². The predicted molar refractivity (Wildman–Crippen MR) is 133 cm³/mol. The highest BCUT2D eigenvalue weighted by molar-refractivity contribution is 7.22. The van der Waals surface area contributed by atoms with Crippen molar-refractivity contribution in [1.29, 1.82) is 0 Å². The molecule has 3 aromatic carbocycles. The summed E-state index contributed by atoms with van der Waals surface area (Å²) in [5, 5.41) is 7.42. The molecule has 0 saturated heterocycles. The topological polar surface area (TPSA) is 52.1 Å². The number of thiophene rings is 2. The van der Waals surface area contributed by atoms with Crippen LogP contribution < -0.4 is 0 Å². The van der Waals surface area contributed by atoms with Crippen molar-refractivity contribution in [3.05, 3.63) is 72.4 Å². The van der Waals surface area contributed by atoms with Crippen LogP contribution >= 0.6 is 22.7 Å². The van der Waals surface area contributed by atoms with Gasteiger partial charge in [0, 0.05) is 9.40 Å². The summed E-state index contributed by atoms with van der Waals surface area (Å²) in [5.74, 6) is 3.03. The third kappa shape index (κ3) is 2.73. The highest BCUT2D eigenvalue weighted by atomic mass is 32.1. The van der Waals surface area contributed by atoms with Gasteiger partial charge >= 0.3 is 0 Å². The molecule has 0 fully saturated rings. The number of rotatable bonds is 2. The van der Waals surface area contributed by atoms with E-state index in [1.54, 1.807) is 35.1 Å². The van der Waals surface area contributed by atoms with Crippen molar-refractivity contribution in [2.45, 2.75) is 13.8 Å². The SMILES string of the molecule is Cc1cnc(-c2cc3cc4ccc5cc6cc(-c7ncc(C)o7)sc6cc5c4cc3s2)o1. The highest BCUT2D eigenvalue weighted by Gasteiger charge is 2.13. The molecule has 32 heavy (non-hydrogen) atoms. The molecule has 154 valence electrons. The quantitative estimate of drug-likeness (QED) is 0.247. The predicted octanol–water partition coefficient (Wildman–Crippen LogP) is 8.35. The summed E-state index contributed by atoms with van der Waals surface area (Å²) in [5.41, 5.74) is 0. The molecule has 0 aliphatic carbocycles. The van der Waals surface area contributed by atoms with E-state index >= 15 is 0 Å². The number of hydrogen-bond acceptors (Lipinski definition) is 6. The fraction of sp³-hybridized carbons (Fsp3) is 0.0769. The Kier molecular flexibility index (Phi) is 3.69. The monoisotopic (exact) mass is 452 g/mol. The molecule has 0 N–H and O–H groups in total. The molecule has 0 spiro atoms. The fourth-order valence-corrected chi connectivity index (χ4v) is 6.31. The minimum Gasteiger partial charge on any atom is -0.441 e. The summed E-state index contributed by atoms with van der Waals surface area (Å²) in [7, 11) is 0. The summed E-state index contributed by atoms with van der Waals surface area (Å²) in [4.78, 5) is 10.9. The fourth-order valence-electron chi connectivity index (χ4n) is 4.28. The van der Waals surface area contributed by atoms with Crippen molar-refractivity contribution < 1.29 is 8.83 Å². The van der Waals surface area contributed by atoms with Crippen LogP contribution in [0.1, 0.15) is 11.5 Å². The Bertz CT molecular complexity index is 1680. The van der Waals surface area contributed by atoms with Crippen molar-refractivity contribution in [3.63, 3.8) is 0 Å². The lowest BCUT2D eigenvalue weighted by atomic mass is 10.00. The van der Waals surface area contributed by atoms with Crippen LogP contribution in [0.3, 0.4) is 0 Å². The van der Waals surface area contributed by atoms with Gasteiger partial charge in [-0.2, -0.15) is 0 Å². The van der Waals surface area contributed by atoms with Crippen LogP contribution in [-0.2, 0) is 0 Å². The van der Waals surface area contributed by atoms with Gasteiger partial charge in [0.1, 0.15) is 11.5 Å². The van der Waals surface area contributed by atoms with Crippen molar-refractivity contribution >= 4 is 64.4 Å². The first kappa shape index (κ1) is 18.1. The zero-order valence-corrected chi connectivity index (χ0v) is 18.9. The average Bonchev–Trinajstić information content (AvgIpc) is 3.56. The first-order valence-electron chi connectivity index (χ1n) is 10.3. The summed E-state index contributed by atoms with van der Waals surface area (Å²) in [6.07, 6.45) is 3.54. The van der Waals surface area contributed by atoms with Crippen LogP contribution in [0.2, 0.25) is 0 Å². The van der Waals surface area contributed by atoms with E-state index in [4.69, 9.17) is 8.83 Å². The van der Waals surface area contributed by atoms with Gasteiger partial charge in [0.25, 0.3) is 0 Å². The van der Waals surface area contributed by atoms with Gasteiger partial charge in [-0.05, 0) is 82.6 Å². The van der Waals surface area contributed by atoms with Gasteiger partial charge in [0.2, 0.25) is 11.8 Å². The first-order chi connectivity index (χ1) is 15.6. The van der Waals surface area contributed by atoms with Crippen LogP contribution in [0.5, 0.6) is 0 Å². The number of aryl methyl sites for hydroxylation is 2. The number of fused-ring (bicyclic) bond motifs is 5. The Hall–Kier alpha value is -3.48. The average molecular weight is 453 g/mol. The number of nitrogens with zero attached hydrogens (tertiary/aromatic N) is 2. The molecule has 4 heterocycles. The minimum atomic E-state index is 0.687. The molecule has 4 nitrogen and oxygen atoms in total. The Balaban J connectivity index is 1.44. The number of oxazole rings is 2. The molecular weight excluding hydrogens is 436 g/mol. The van der Waals surface area contributed by atoms with Crippen molar-refractivity contribution in [1.82, 2.24) is 9.97 Å². The largest absolute Gasteiger partial charge is 0.441 e. The lowest BCUT2D eigenvalue weighted by Crippen LogP contribution is -1.78. The maximum absolute atomic E-state index is 5.74. The van der Waals surface area contributed by atoms with E-state index in [0.29, 0.717) is 11.8 Å². The Morgan fingerprint density at radius 2 is 1.06 bits per heavy atom. The van der Waals surface area contributed by atoms with Crippen molar-refractivity contribution in [2.75, 3.05) is 0 Å². The number of hydrogen-bond donors (Lipinski definition) is 0. The van der Waals surface area contributed by atoms with Gasteiger partial charge in [-0.25, -0.2) is 9.97 Å². The van der Waals surface area contributed by atoms with Crippen LogP contribution in [0.4, 0.5) is 0 Å². The molecule has 6 heteroatoms. The standard InChI is InChI=1S/C26H16N2O2S2/c1-13-11-27-25(29-13)23-7-17-5-15-3-4-16-6-18-8-24(26-28-12-14(2)30-26)32-22(18)10-20(16)19(15)9-21(17)31-23/h3-12H,1-2H3. The van der Waals surface area contributed by atoms with Gasteiger partial charge in [0.15, 0.2) is 0 Å². The van der Waals surface area contributed by atoms with E-state index in [1.165, 1.54) is 41.7 Å². The summed E-state index contributed by atoms with van der Waals surface area (Å²) in [6, 6.07) is 17.9. The van der Waals surface area contributed by atoms with Gasteiger partial charge in [-0.1, -0.05) is 12.1 Å². The highest BCUT2D eigenvalue weighted by Crippen LogP contribution is 2.40. The molecule has 0 bridgehead atoms. The van der Waals surface area contributed by atoms with Crippen LogP contribution in [-0.4, -0.2) is 9.97 Å². The van der Waals surface area contributed by atoms with E-state index in [1.807, 2.05) is 13.8 Å². The number of aromatic nitrogens is 2. The van der Waals surface area contributed by atoms with Crippen LogP contribution in [0.15, 0.2) is 69.8 Å². The van der Waals surface area contributed by atoms with E-state index in [0.717, 1.165) is 21.3 Å². The maximum atomic E-state index is 5.74. The smallest absolute Gasteiger partial charge is 0.236 e. The first-order valence-corrected chi connectivity index (χ1v) is 11.9. The molecule has 0 aliphatic heterocycles. The minimum absolute atomic E-state index is 0.687. The third-order valence-corrected chi connectivity index (χ3v) is 7.95. The molecular formula is C26H16N2O2S2. The molecule has 0 unspecified atom stereocenters. The Morgan fingerprint density at radius 3 is 1.47 bits per heavy atom. The molecule has 7 rings (SSSR count). The Morgan fingerprint density at radius 1 is 0.594 bits per heavy atom. The molecule has 0 radical (unpaired) electrons. The summed E-state index contributed by atoms with van der Waals surface area (Å²) >= 11 is 3.44. The van der Waals surface area contributed by atoms with Crippen LogP contribution in [0.25, 0.3) is 63.3 Å². The normalized spacial score (nSPS) is 12.1. The second-order valence-corrected chi connectivity index (χ2v) is 10.2. The third-order valence-electron chi connectivity index (χ3n) is 5.77. The number of benzene rings is 3. The molecule has 7 aromatic rings. The van der Waals surface area contributed by atoms with Gasteiger partial charge in [-0.3, -0.25) is 0 Å². The molecule has 0 amide bonds. The van der Waals surface area contributed by atoms with E-state index in [-0.39, 0.29) is 0 Å². The van der Waals surface area contributed by atoms with Crippen molar-refractivity contribution in [3.8, 4) is 21.5 Å². The molecule has 0 atom stereocenters. The Labute approximate surface area is 190 Å². The lowest BCUT2D eigenvalue weighted by Gasteiger charge is -2.05. The summed E-state index contributed by atoms with van der Waals surface area (Å²) in [6.45, 7) is 3.84. The molecule has 4 aromatic heterocycles. The van der Waals surface area contributed by atoms with E-state index in [9.17, 15) is 0 Å². The van der Waals surface area contributed by atoms with Crippen molar-refractivity contribution in [2.24, 2.45) is 0 Å². The van der Waals surface area contributed by atoms with Crippen LogP contribution in [0, 0.1) is 13.8 Å². The second kappa shape index (κ2) is 6.51. The van der Waals surface area contributed by atoms with Gasteiger partial charge in [0.05, 0.1) is 22.1 Å². The second-order valence-electron chi connectivity index (χ2n) is 8.06. The summed E-state index contributed by atoms with van der Waals surface area (Å²) < 4.78 is 14.0. The zero-order valence-electron chi connectivity index (χ0n) is 17.3. The molecule has 0 saturated carbocycles. The maximum Gasteiger partial charge on any atom is 0.236 e.